The number of rotatable bonds is 1. The maximum Gasteiger partial charge on any atom is 0.397 e. The number of aromatic amines is 1. The predicted octanol–water partition coefficient (Wildman–Crippen LogP) is 1.56. The lowest BCUT2D eigenvalue weighted by Gasteiger charge is -2.26. The molecule has 94 valence electrons. The Morgan fingerprint density at radius 1 is 1.53 bits per heavy atom. The lowest BCUT2D eigenvalue weighted by Crippen LogP contribution is -2.38. The van der Waals surface area contributed by atoms with E-state index in [-0.39, 0.29) is 6.54 Å². The third kappa shape index (κ3) is 2.59. The number of hydrogen-bond acceptors (Lipinski definition) is 2. The van der Waals surface area contributed by atoms with E-state index >= 15 is 0 Å². The summed E-state index contributed by atoms with van der Waals surface area (Å²) in [5.41, 5.74) is 2.60. The fourth-order valence-corrected chi connectivity index (χ4v) is 1.97. The van der Waals surface area contributed by atoms with Crippen molar-refractivity contribution >= 4 is 5.91 Å². The summed E-state index contributed by atoms with van der Waals surface area (Å²) in [6, 6.07) is 0. The van der Waals surface area contributed by atoms with Crippen LogP contribution in [0, 0.1) is 6.92 Å². The average molecular weight is 247 g/mol. The number of carbonyl (C=O) groups is 1. The molecule has 0 saturated carbocycles. The maximum atomic E-state index is 12.1. The minimum atomic E-state index is -4.45. The van der Waals surface area contributed by atoms with Crippen molar-refractivity contribution in [2.24, 2.45) is 0 Å². The minimum Gasteiger partial charge on any atom is -0.336 e. The van der Waals surface area contributed by atoms with Gasteiger partial charge >= 0.3 is 6.18 Å². The van der Waals surface area contributed by atoms with Crippen molar-refractivity contribution in [3.63, 3.8) is 0 Å². The molecule has 1 aliphatic rings. The molecule has 0 unspecified atom stereocenters. The van der Waals surface area contributed by atoms with Gasteiger partial charge in [0.15, 0.2) is 0 Å². The first-order valence-corrected chi connectivity index (χ1v) is 5.24. The van der Waals surface area contributed by atoms with Crippen LogP contribution in [-0.2, 0) is 17.8 Å². The number of fused-ring (bicyclic) bond motifs is 1. The normalized spacial score (nSPS) is 15.9. The highest BCUT2D eigenvalue weighted by Crippen LogP contribution is 2.24. The average Bonchev–Trinajstić information content (AvgIpc) is 2.57. The van der Waals surface area contributed by atoms with E-state index in [1.165, 1.54) is 4.90 Å². The van der Waals surface area contributed by atoms with E-state index in [1.54, 1.807) is 0 Å². The van der Waals surface area contributed by atoms with Crippen LogP contribution in [-0.4, -0.2) is 33.7 Å². The Bertz CT molecular complexity index is 438. The Hall–Kier alpha value is -1.53. The van der Waals surface area contributed by atoms with Gasteiger partial charge in [0.2, 0.25) is 5.91 Å². The molecule has 1 amide bonds. The second-order valence-electron chi connectivity index (χ2n) is 4.13. The third-order valence-electron chi connectivity index (χ3n) is 2.84. The number of nitrogens with zero attached hydrogens (tertiary/aromatic N) is 2. The molecule has 4 nitrogen and oxygen atoms in total. The van der Waals surface area contributed by atoms with Gasteiger partial charge in [0, 0.05) is 12.2 Å². The summed E-state index contributed by atoms with van der Waals surface area (Å²) < 4.78 is 36.3. The van der Waals surface area contributed by atoms with Gasteiger partial charge in [0.1, 0.15) is 6.42 Å². The van der Waals surface area contributed by atoms with E-state index in [2.05, 4.69) is 10.2 Å². The summed E-state index contributed by atoms with van der Waals surface area (Å²) in [6.07, 6.45) is -5.29. The topological polar surface area (TPSA) is 49.0 Å². The number of carbonyl (C=O) groups excluding carboxylic acids is 1. The van der Waals surface area contributed by atoms with Crippen LogP contribution >= 0.6 is 0 Å². The molecule has 1 aromatic rings. The molecule has 17 heavy (non-hydrogen) atoms. The summed E-state index contributed by atoms with van der Waals surface area (Å²) in [7, 11) is 0. The van der Waals surface area contributed by atoms with Crippen LogP contribution in [0.15, 0.2) is 0 Å². The zero-order valence-electron chi connectivity index (χ0n) is 9.26. The molecule has 0 fully saturated rings. The maximum absolute atomic E-state index is 12.1. The van der Waals surface area contributed by atoms with E-state index in [1.807, 2.05) is 6.92 Å². The number of hydrogen-bond donors (Lipinski definition) is 1. The van der Waals surface area contributed by atoms with Crippen LogP contribution in [0.25, 0.3) is 0 Å². The highest BCUT2D eigenvalue weighted by molar-refractivity contribution is 5.77. The summed E-state index contributed by atoms with van der Waals surface area (Å²) in [6.45, 7) is 2.34. The summed E-state index contributed by atoms with van der Waals surface area (Å²) in [5, 5.41) is 6.76. The monoisotopic (exact) mass is 247 g/mol. The van der Waals surface area contributed by atoms with E-state index in [0.717, 1.165) is 11.3 Å². The number of H-pyrrole nitrogens is 1. The molecule has 1 aromatic heterocycles. The molecule has 0 atom stereocenters. The number of alkyl halides is 3. The van der Waals surface area contributed by atoms with Gasteiger partial charge in [0.25, 0.3) is 0 Å². The van der Waals surface area contributed by atoms with Crippen molar-refractivity contribution in [2.45, 2.75) is 32.5 Å². The second-order valence-corrected chi connectivity index (χ2v) is 4.13. The van der Waals surface area contributed by atoms with E-state index in [4.69, 9.17) is 0 Å². The quantitative estimate of drug-likeness (QED) is 0.818. The lowest BCUT2D eigenvalue weighted by molar-refractivity contribution is -0.162. The minimum absolute atomic E-state index is 0.161. The molecule has 0 bridgehead atoms. The lowest BCUT2D eigenvalue weighted by atomic mass is 10.0. The molecular formula is C10H12F3N3O. The smallest absolute Gasteiger partial charge is 0.336 e. The van der Waals surface area contributed by atoms with Crippen molar-refractivity contribution in [3.8, 4) is 0 Å². The van der Waals surface area contributed by atoms with Crippen LogP contribution < -0.4 is 0 Å². The summed E-state index contributed by atoms with van der Waals surface area (Å²) in [4.78, 5) is 12.6. The predicted molar refractivity (Wildman–Crippen MR) is 53.1 cm³/mol. The molecule has 1 aliphatic heterocycles. The zero-order chi connectivity index (χ0) is 12.6. The number of aryl methyl sites for hydroxylation is 1. The number of aromatic nitrogens is 2. The fraction of sp³-hybridized carbons (Fsp3) is 0.600. The van der Waals surface area contributed by atoms with Gasteiger partial charge in [0.05, 0.1) is 12.2 Å². The van der Waals surface area contributed by atoms with Gasteiger partial charge in [-0.15, -0.1) is 0 Å². The fourth-order valence-electron chi connectivity index (χ4n) is 1.97. The molecule has 0 saturated heterocycles. The largest absolute Gasteiger partial charge is 0.397 e. The molecule has 0 spiro atoms. The molecule has 0 radical (unpaired) electrons. The van der Waals surface area contributed by atoms with Crippen molar-refractivity contribution < 1.29 is 18.0 Å². The number of nitrogens with one attached hydrogen (secondary N) is 1. The molecule has 2 rings (SSSR count). The number of halogens is 3. The SMILES string of the molecule is Cc1[nH]nc2c1CCN(C(=O)CC(F)(F)F)C2. The van der Waals surface area contributed by atoms with E-state index < -0.39 is 18.5 Å². The van der Waals surface area contributed by atoms with Crippen LogP contribution in [0.2, 0.25) is 0 Å². The molecule has 0 aliphatic carbocycles. The Kier molecular flexibility index (Phi) is 2.84. The molecule has 0 aromatic carbocycles. The highest BCUT2D eigenvalue weighted by Gasteiger charge is 2.34. The highest BCUT2D eigenvalue weighted by atomic mass is 19.4. The van der Waals surface area contributed by atoms with Gasteiger partial charge in [-0.3, -0.25) is 9.89 Å². The Balaban J connectivity index is 2.05. The molecule has 1 N–H and O–H groups in total. The van der Waals surface area contributed by atoms with Gasteiger partial charge in [-0.2, -0.15) is 18.3 Å². The number of amides is 1. The van der Waals surface area contributed by atoms with Crippen molar-refractivity contribution in [1.82, 2.24) is 15.1 Å². The first-order chi connectivity index (χ1) is 7.87. The molecule has 7 heteroatoms. The van der Waals surface area contributed by atoms with Crippen LogP contribution in [0.5, 0.6) is 0 Å². The van der Waals surface area contributed by atoms with Crippen LogP contribution in [0.1, 0.15) is 23.4 Å². The Morgan fingerprint density at radius 2 is 2.24 bits per heavy atom. The van der Waals surface area contributed by atoms with Crippen molar-refractivity contribution in [1.29, 1.82) is 0 Å². The van der Waals surface area contributed by atoms with Gasteiger partial charge in [-0.05, 0) is 18.9 Å². The van der Waals surface area contributed by atoms with Gasteiger partial charge in [-0.25, -0.2) is 0 Å². The molecule has 2 heterocycles. The van der Waals surface area contributed by atoms with Gasteiger partial charge < -0.3 is 4.90 Å². The van der Waals surface area contributed by atoms with Crippen molar-refractivity contribution in [2.75, 3.05) is 6.54 Å². The molecular weight excluding hydrogens is 235 g/mol. The van der Waals surface area contributed by atoms with E-state index in [9.17, 15) is 18.0 Å². The third-order valence-corrected chi connectivity index (χ3v) is 2.84. The van der Waals surface area contributed by atoms with Crippen LogP contribution in [0.3, 0.4) is 0 Å². The Morgan fingerprint density at radius 3 is 2.88 bits per heavy atom. The van der Waals surface area contributed by atoms with E-state index in [0.29, 0.717) is 18.7 Å². The summed E-state index contributed by atoms with van der Waals surface area (Å²) >= 11 is 0. The van der Waals surface area contributed by atoms with Crippen molar-refractivity contribution in [3.05, 3.63) is 17.0 Å². The van der Waals surface area contributed by atoms with Gasteiger partial charge in [-0.1, -0.05) is 0 Å². The first-order valence-electron chi connectivity index (χ1n) is 5.24. The zero-order valence-corrected chi connectivity index (χ0v) is 9.26. The second kappa shape index (κ2) is 4.05. The Labute approximate surface area is 95.8 Å². The van der Waals surface area contributed by atoms with Crippen LogP contribution in [0.4, 0.5) is 13.2 Å². The first kappa shape index (κ1) is 11.9. The summed E-state index contributed by atoms with van der Waals surface area (Å²) in [5.74, 6) is -0.885. The standard InChI is InChI=1S/C10H12F3N3O/c1-6-7-2-3-16(5-8(7)15-14-6)9(17)4-10(11,12)13/h2-5H2,1H3,(H,14,15).